The summed E-state index contributed by atoms with van der Waals surface area (Å²) in [5.74, 6) is 0.0596. The number of hydrogen-bond acceptors (Lipinski definition) is 6. The fourth-order valence-electron chi connectivity index (χ4n) is 3.57. The van der Waals surface area contributed by atoms with Crippen LogP contribution in [0.5, 0.6) is 11.5 Å². The van der Waals surface area contributed by atoms with E-state index >= 15 is 0 Å². The standard InChI is InChI=1S/C24H30ClN3O6S/c1-4-11-26-24(30)17(2)27(15-18-5-7-19(25)8-6-18)23(29)16-28(35(3,31)32)20-9-10-21-22(14-20)34-13-12-33-21/h5-10,14,17H,4,11-13,15-16H2,1-3H3,(H,26,30)/t17-/m0/s1. The van der Waals surface area contributed by atoms with Crippen molar-refractivity contribution in [3.8, 4) is 11.5 Å². The first kappa shape index (κ1) is 26.6. The first-order valence-corrected chi connectivity index (χ1v) is 13.5. The molecule has 0 aliphatic carbocycles. The van der Waals surface area contributed by atoms with Crippen LogP contribution in [-0.4, -0.2) is 63.7 Å². The number of rotatable bonds is 10. The second-order valence-electron chi connectivity index (χ2n) is 8.21. The van der Waals surface area contributed by atoms with Gasteiger partial charge >= 0.3 is 0 Å². The van der Waals surface area contributed by atoms with E-state index in [-0.39, 0.29) is 18.1 Å². The Morgan fingerprint density at radius 3 is 2.37 bits per heavy atom. The molecule has 0 radical (unpaired) electrons. The van der Waals surface area contributed by atoms with Crippen LogP contribution < -0.4 is 19.1 Å². The van der Waals surface area contributed by atoms with E-state index in [4.69, 9.17) is 21.1 Å². The fourth-order valence-corrected chi connectivity index (χ4v) is 4.53. The first-order valence-electron chi connectivity index (χ1n) is 11.3. The van der Waals surface area contributed by atoms with E-state index in [1.54, 1.807) is 43.3 Å². The smallest absolute Gasteiger partial charge is 0.244 e. The Labute approximate surface area is 211 Å². The van der Waals surface area contributed by atoms with Crippen molar-refractivity contribution in [1.82, 2.24) is 10.2 Å². The third kappa shape index (κ3) is 7.02. The SMILES string of the molecule is CCCNC(=O)[C@H](C)N(Cc1ccc(Cl)cc1)C(=O)CN(c1ccc2c(c1)OCCO2)S(C)(=O)=O. The number of sulfonamides is 1. The molecule has 0 saturated carbocycles. The minimum Gasteiger partial charge on any atom is -0.486 e. The topological polar surface area (TPSA) is 105 Å². The molecule has 1 aliphatic rings. The molecule has 35 heavy (non-hydrogen) atoms. The van der Waals surface area contributed by atoms with Crippen molar-refractivity contribution in [3.05, 3.63) is 53.1 Å². The normalized spacial score (nSPS) is 13.6. The van der Waals surface area contributed by atoms with Crippen LogP contribution in [0.3, 0.4) is 0 Å². The van der Waals surface area contributed by atoms with Crippen molar-refractivity contribution in [2.24, 2.45) is 0 Å². The summed E-state index contributed by atoms with van der Waals surface area (Å²) >= 11 is 5.98. The van der Waals surface area contributed by atoms with Crippen molar-refractivity contribution in [1.29, 1.82) is 0 Å². The predicted octanol–water partition coefficient (Wildman–Crippen LogP) is 2.82. The number of anilines is 1. The largest absolute Gasteiger partial charge is 0.486 e. The summed E-state index contributed by atoms with van der Waals surface area (Å²) in [7, 11) is -3.84. The Balaban J connectivity index is 1.90. The Bertz CT molecular complexity index is 1160. The molecule has 0 bridgehead atoms. The Morgan fingerprint density at radius 1 is 1.09 bits per heavy atom. The number of nitrogens with one attached hydrogen (secondary N) is 1. The monoisotopic (exact) mass is 523 g/mol. The lowest BCUT2D eigenvalue weighted by molar-refractivity contribution is -0.139. The number of halogens is 1. The van der Waals surface area contributed by atoms with Gasteiger partial charge in [0.05, 0.1) is 11.9 Å². The van der Waals surface area contributed by atoms with Crippen molar-refractivity contribution in [2.45, 2.75) is 32.9 Å². The van der Waals surface area contributed by atoms with E-state index in [0.717, 1.165) is 22.5 Å². The molecule has 0 spiro atoms. The molecule has 3 rings (SSSR count). The lowest BCUT2D eigenvalue weighted by atomic mass is 10.1. The minimum absolute atomic E-state index is 0.107. The molecular formula is C24H30ClN3O6S. The van der Waals surface area contributed by atoms with Gasteiger partial charge in [0, 0.05) is 24.2 Å². The molecule has 1 heterocycles. The number of amides is 2. The second-order valence-corrected chi connectivity index (χ2v) is 10.6. The number of hydrogen-bond donors (Lipinski definition) is 1. The van der Waals surface area contributed by atoms with Crippen LogP contribution in [0.15, 0.2) is 42.5 Å². The van der Waals surface area contributed by atoms with Gasteiger partial charge in [0.15, 0.2) is 11.5 Å². The van der Waals surface area contributed by atoms with Crippen molar-refractivity contribution in [2.75, 3.05) is 36.9 Å². The zero-order valence-electron chi connectivity index (χ0n) is 20.0. The predicted molar refractivity (Wildman–Crippen MR) is 134 cm³/mol. The number of fused-ring (bicyclic) bond motifs is 1. The average Bonchev–Trinajstić information content (AvgIpc) is 2.83. The van der Waals surface area contributed by atoms with Gasteiger partial charge in [-0.3, -0.25) is 13.9 Å². The molecule has 0 unspecified atom stereocenters. The molecule has 11 heteroatoms. The highest BCUT2D eigenvalue weighted by atomic mass is 35.5. The summed E-state index contributed by atoms with van der Waals surface area (Å²) in [5.41, 5.74) is 1.02. The van der Waals surface area contributed by atoms with Crippen LogP contribution in [0.2, 0.25) is 5.02 Å². The number of ether oxygens (including phenoxy) is 2. The van der Waals surface area contributed by atoms with Crippen LogP contribution in [0.4, 0.5) is 5.69 Å². The van der Waals surface area contributed by atoms with E-state index in [2.05, 4.69) is 5.32 Å². The first-order chi connectivity index (χ1) is 16.6. The highest BCUT2D eigenvalue weighted by Gasteiger charge is 2.30. The molecular weight excluding hydrogens is 494 g/mol. The van der Waals surface area contributed by atoms with Crippen molar-refractivity contribution in [3.63, 3.8) is 0 Å². The molecule has 1 aliphatic heterocycles. The summed E-state index contributed by atoms with van der Waals surface area (Å²) < 4.78 is 37.5. The lowest BCUT2D eigenvalue weighted by Crippen LogP contribution is -2.51. The van der Waals surface area contributed by atoms with Gasteiger partial charge in [-0.05, 0) is 43.2 Å². The van der Waals surface area contributed by atoms with Gasteiger partial charge in [0.25, 0.3) is 0 Å². The van der Waals surface area contributed by atoms with Crippen LogP contribution in [-0.2, 0) is 26.2 Å². The summed E-state index contributed by atoms with van der Waals surface area (Å²) in [6, 6.07) is 10.8. The van der Waals surface area contributed by atoms with Gasteiger partial charge in [0.2, 0.25) is 21.8 Å². The van der Waals surface area contributed by atoms with Crippen molar-refractivity contribution >= 4 is 39.1 Å². The fraction of sp³-hybridized carbons (Fsp3) is 0.417. The van der Waals surface area contributed by atoms with E-state index in [1.165, 1.54) is 11.0 Å². The molecule has 0 aromatic heterocycles. The van der Waals surface area contributed by atoms with Gasteiger partial charge in [-0.25, -0.2) is 8.42 Å². The lowest BCUT2D eigenvalue weighted by Gasteiger charge is -2.31. The highest BCUT2D eigenvalue weighted by Crippen LogP contribution is 2.34. The minimum atomic E-state index is -3.84. The van der Waals surface area contributed by atoms with E-state index in [9.17, 15) is 18.0 Å². The number of carbonyl (C=O) groups is 2. The summed E-state index contributed by atoms with van der Waals surface area (Å²) in [4.78, 5) is 27.6. The number of nitrogens with zero attached hydrogens (tertiary/aromatic N) is 2. The second kappa shape index (κ2) is 11.6. The maximum absolute atomic E-state index is 13.5. The van der Waals surface area contributed by atoms with E-state index < -0.39 is 28.5 Å². The summed E-state index contributed by atoms with van der Waals surface area (Å²) in [5, 5.41) is 3.34. The third-order valence-corrected chi connectivity index (χ3v) is 6.87. The highest BCUT2D eigenvalue weighted by molar-refractivity contribution is 7.92. The quantitative estimate of drug-likeness (QED) is 0.513. The van der Waals surface area contributed by atoms with Crippen LogP contribution in [0.25, 0.3) is 0 Å². The molecule has 1 N–H and O–H groups in total. The van der Waals surface area contributed by atoms with Crippen LogP contribution in [0.1, 0.15) is 25.8 Å². The molecule has 9 nitrogen and oxygen atoms in total. The molecule has 0 fully saturated rings. The van der Waals surface area contributed by atoms with Gasteiger partial charge in [-0.1, -0.05) is 30.7 Å². The number of carbonyl (C=O) groups excluding carboxylic acids is 2. The van der Waals surface area contributed by atoms with Gasteiger partial charge in [-0.2, -0.15) is 0 Å². The van der Waals surface area contributed by atoms with Crippen LogP contribution in [0, 0.1) is 0 Å². The summed E-state index contributed by atoms with van der Waals surface area (Å²) in [6.07, 6.45) is 1.77. The Kier molecular flexibility index (Phi) is 8.85. The molecule has 1 atom stereocenters. The van der Waals surface area contributed by atoms with E-state index in [0.29, 0.717) is 36.3 Å². The Hall–Kier alpha value is -2.98. The average molecular weight is 524 g/mol. The van der Waals surface area contributed by atoms with Crippen LogP contribution >= 0.6 is 11.6 Å². The molecule has 0 saturated heterocycles. The molecule has 190 valence electrons. The number of benzene rings is 2. The maximum Gasteiger partial charge on any atom is 0.244 e. The summed E-state index contributed by atoms with van der Waals surface area (Å²) in [6.45, 7) is 4.38. The van der Waals surface area contributed by atoms with Gasteiger partial charge in [0.1, 0.15) is 25.8 Å². The zero-order chi connectivity index (χ0) is 25.6. The maximum atomic E-state index is 13.5. The van der Waals surface area contributed by atoms with E-state index in [1.807, 2.05) is 6.92 Å². The van der Waals surface area contributed by atoms with Gasteiger partial charge in [-0.15, -0.1) is 0 Å². The molecule has 2 aromatic carbocycles. The Morgan fingerprint density at radius 2 is 1.74 bits per heavy atom. The van der Waals surface area contributed by atoms with Gasteiger partial charge < -0.3 is 19.7 Å². The molecule has 2 amide bonds. The zero-order valence-corrected chi connectivity index (χ0v) is 21.6. The third-order valence-electron chi connectivity index (χ3n) is 5.48. The van der Waals surface area contributed by atoms with Crippen molar-refractivity contribution < 1.29 is 27.5 Å². The molecule has 2 aromatic rings.